The fourth-order valence-corrected chi connectivity index (χ4v) is 4.39. The zero-order valence-corrected chi connectivity index (χ0v) is 16.0. The molecule has 1 aromatic carbocycles. The number of hydrogen-bond acceptors (Lipinski definition) is 3. The highest BCUT2D eigenvalue weighted by Crippen LogP contribution is 2.38. The van der Waals surface area contributed by atoms with E-state index in [-0.39, 0.29) is 30.3 Å². The molecule has 1 aliphatic carbocycles. The summed E-state index contributed by atoms with van der Waals surface area (Å²) in [5.74, 6) is -0.882. The van der Waals surface area contributed by atoms with Gasteiger partial charge in [-0.25, -0.2) is 0 Å². The second-order valence-electron chi connectivity index (χ2n) is 7.45. The van der Waals surface area contributed by atoms with E-state index in [9.17, 15) is 14.7 Å². The zero-order chi connectivity index (χ0) is 17.7. The molecule has 2 N–H and O–H groups in total. The van der Waals surface area contributed by atoms with Crippen molar-refractivity contribution >= 4 is 24.3 Å². The average Bonchev–Trinajstić information content (AvgIpc) is 3.10. The largest absolute Gasteiger partial charge is 0.480 e. The number of carbonyl (C=O) groups is 2. The molecule has 2 fully saturated rings. The van der Waals surface area contributed by atoms with Crippen LogP contribution in [0.1, 0.15) is 50.5 Å². The van der Waals surface area contributed by atoms with Crippen molar-refractivity contribution in [1.82, 2.24) is 10.2 Å². The summed E-state index contributed by atoms with van der Waals surface area (Å²) in [5.41, 5.74) is 1.33. The first-order chi connectivity index (χ1) is 12.1. The second-order valence-corrected chi connectivity index (χ2v) is 7.45. The van der Waals surface area contributed by atoms with Crippen LogP contribution in [0.3, 0.4) is 0 Å². The van der Waals surface area contributed by atoms with E-state index in [1.807, 2.05) is 6.07 Å². The number of halogens is 1. The number of hydrogen-bond donors (Lipinski definition) is 2. The Bertz CT molecular complexity index is 602. The minimum absolute atomic E-state index is 0. The van der Waals surface area contributed by atoms with Gasteiger partial charge in [0.25, 0.3) is 0 Å². The molecule has 6 heteroatoms. The van der Waals surface area contributed by atoms with Crippen LogP contribution in [-0.4, -0.2) is 47.6 Å². The maximum Gasteiger partial charge on any atom is 0.320 e. The SMILES string of the molecule is Cl.O=C(CN1CCCC1C(=O)O)NCC1(c2ccccc2)CCCCC1. The molecular formula is C20H29ClN2O3. The first kappa shape index (κ1) is 20.7. The Kier molecular flexibility index (Phi) is 7.47. The number of amides is 1. The van der Waals surface area contributed by atoms with E-state index >= 15 is 0 Å². The van der Waals surface area contributed by atoms with Crippen molar-refractivity contribution in [3.8, 4) is 0 Å². The van der Waals surface area contributed by atoms with E-state index in [1.165, 1.54) is 24.8 Å². The van der Waals surface area contributed by atoms with E-state index in [0.717, 1.165) is 19.3 Å². The van der Waals surface area contributed by atoms with Gasteiger partial charge in [-0.2, -0.15) is 0 Å². The number of likely N-dealkylation sites (tertiary alicyclic amines) is 1. The smallest absolute Gasteiger partial charge is 0.320 e. The quantitative estimate of drug-likeness (QED) is 0.796. The first-order valence-corrected chi connectivity index (χ1v) is 9.40. The van der Waals surface area contributed by atoms with Crippen LogP contribution < -0.4 is 5.32 Å². The van der Waals surface area contributed by atoms with E-state index in [4.69, 9.17) is 0 Å². The summed E-state index contributed by atoms with van der Waals surface area (Å²) in [7, 11) is 0. The number of carboxylic acids is 1. The van der Waals surface area contributed by atoms with Gasteiger partial charge in [-0.1, -0.05) is 49.6 Å². The predicted octanol–water partition coefficient (Wildman–Crippen LogP) is 2.98. The fourth-order valence-electron chi connectivity index (χ4n) is 4.39. The Hall–Kier alpha value is -1.59. The van der Waals surface area contributed by atoms with Crippen molar-refractivity contribution in [3.63, 3.8) is 0 Å². The molecule has 144 valence electrons. The second kappa shape index (κ2) is 9.38. The molecule has 1 atom stereocenters. The molecule has 1 heterocycles. The maximum atomic E-state index is 12.4. The average molecular weight is 381 g/mol. The summed E-state index contributed by atoms with van der Waals surface area (Å²) in [5, 5.41) is 12.4. The number of aliphatic carboxylic acids is 1. The van der Waals surface area contributed by atoms with Crippen LogP contribution >= 0.6 is 12.4 Å². The molecule has 1 aliphatic heterocycles. The molecule has 5 nitrogen and oxygen atoms in total. The van der Waals surface area contributed by atoms with E-state index in [1.54, 1.807) is 4.90 Å². The lowest BCUT2D eigenvalue weighted by Gasteiger charge is -2.38. The van der Waals surface area contributed by atoms with Gasteiger partial charge >= 0.3 is 5.97 Å². The number of nitrogens with zero attached hydrogens (tertiary/aromatic N) is 1. The van der Waals surface area contributed by atoms with Crippen molar-refractivity contribution in [2.24, 2.45) is 0 Å². The van der Waals surface area contributed by atoms with Crippen LogP contribution in [-0.2, 0) is 15.0 Å². The molecule has 0 aromatic heterocycles. The van der Waals surface area contributed by atoms with Crippen LogP contribution in [0.5, 0.6) is 0 Å². The summed E-state index contributed by atoms with van der Waals surface area (Å²) in [6.07, 6.45) is 7.32. The van der Waals surface area contributed by atoms with E-state index < -0.39 is 12.0 Å². The first-order valence-electron chi connectivity index (χ1n) is 9.40. The number of carbonyl (C=O) groups excluding carboxylic acids is 1. The van der Waals surface area contributed by atoms with E-state index in [0.29, 0.717) is 19.5 Å². The highest BCUT2D eigenvalue weighted by Gasteiger charge is 2.35. The standard InChI is InChI=1S/C20H28N2O3.ClH/c23-18(14-22-13-7-10-17(22)19(24)25)21-15-20(11-5-2-6-12-20)16-8-3-1-4-9-16;/h1,3-4,8-9,17H,2,5-7,10-15H2,(H,21,23)(H,24,25);1H. The monoisotopic (exact) mass is 380 g/mol. The molecule has 1 unspecified atom stereocenters. The molecule has 1 saturated carbocycles. The van der Waals surface area contributed by atoms with Crippen molar-refractivity contribution in [2.45, 2.75) is 56.4 Å². The minimum Gasteiger partial charge on any atom is -0.480 e. The summed E-state index contributed by atoms with van der Waals surface area (Å²) >= 11 is 0. The summed E-state index contributed by atoms with van der Waals surface area (Å²) in [4.78, 5) is 25.5. The summed E-state index contributed by atoms with van der Waals surface area (Å²) in [6.45, 7) is 1.51. The predicted molar refractivity (Wildman–Crippen MR) is 104 cm³/mol. The number of carboxylic acid groups (broad SMARTS) is 1. The molecule has 2 aliphatic rings. The van der Waals surface area contributed by atoms with Crippen LogP contribution in [0.2, 0.25) is 0 Å². The fraction of sp³-hybridized carbons (Fsp3) is 0.600. The van der Waals surface area contributed by atoms with Crippen LogP contribution in [0.15, 0.2) is 30.3 Å². The molecule has 0 bridgehead atoms. The molecule has 1 amide bonds. The molecular weight excluding hydrogens is 352 g/mol. The minimum atomic E-state index is -0.821. The number of benzene rings is 1. The van der Waals surface area contributed by atoms with Gasteiger partial charge in [-0.3, -0.25) is 14.5 Å². The van der Waals surface area contributed by atoms with E-state index in [2.05, 4.69) is 29.6 Å². The summed E-state index contributed by atoms with van der Waals surface area (Å²) < 4.78 is 0. The highest BCUT2D eigenvalue weighted by atomic mass is 35.5. The third kappa shape index (κ3) is 4.77. The lowest BCUT2D eigenvalue weighted by atomic mass is 9.69. The molecule has 0 spiro atoms. The van der Waals surface area contributed by atoms with Gasteiger partial charge in [0.2, 0.25) is 5.91 Å². The molecule has 26 heavy (non-hydrogen) atoms. The van der Waals surface area contributed by atoms with Crippen molar-refractivity contribution in [3.05, 3.63) is 35.9 Å². The van der Waals surface area contributed by atoms with Crippen LogP contribution in [0, 0.1) is 0 Å². The molecule has 1 aromatic rings. The Balaban J connectivity index is 0.00000243. The van der Waals surface area contributed by atoms with Gasteiger partial charge in [0.15, 0.2) is 0 Å². The topological polar surface area (TPSA) is 69.6 Å². The summed E-state index contributed by atoms with van der Waals surface area (Å²) in [6, 6.07) is 9.97. The van der Waals surface area contributed by atoms with Gasteiger partial charge < -0.3 is 10.4 Å². The Morgan fingerprint density at radius 1 is 1.12 bits per heavy atom. The highest BCUT2D eigenvalue weighted by molar-refractivity contribution is 5.85. The zero-order valence-electron chi connectivity index (χ0n) is 15.2. The number of nitrogens with one attached hydrogen (secondary N) is 1. The number of rotatable bonds is 6. The third-order valence-corrected chi connectivity index (χ3v) is 5.82. The lowest BCUT2D eigenvalue weighted by molar-refractivity contribution is -0.142. The normalized spacial score (nSPS) is 22.4. The van der Waals surface area contributed by atoms with Crippen molar-refractivity contribution in [1.29, 1.82) is 0 Å². The van der Waals surface area contributed by atoms with Crippen LogP contribution in [0.25, 0.3) is 0 Å². The Morgan fingerprint density at radius 2 is 1.81 bits per heavy atom. The van der Waals surface area contributed by atoms with Crippen molar-refractivity contribution < 1.29 is 14.7 Å². The van der Waals surface area contributed by atoms with Crippen LogP contribution in [0.4, 0.5) is 0 Å². The Morgan fingerprint density at radius 3 is 2.46 bits per heavy atom. The van der Waals surface area contributed by atoms with Gasteiger partial charge in [0, 0.05) is 12.0 Å². The van der Waals surface area contributed by atoms with Crippen molar-refractivity contribution in [2.75, 3.05) is 19.6 Å². The third-order valence-electron chi connectivity index (χ3n) is 5.82. The molecule has 1 saturated heterocycles. The van der Waals surface area contributed by atoms with Gasteiger partial charge in [0.1, 0.15) is 6.04 Å². The lowest BCUT2D eigenvalue weighted by Crippen LogP contribution is -2.47. The van der Waals surface area contributed by atoms with Gasteiger partial charge in [-0.05, 0) is 37.8 Å². The van der Waals surface area contributed by atoms with Gasteiger partial charge in [-0.15, -0.1) is 12.4 Å². The van der Waals surface area contributed by atoms with Gasteiger partial charge in [0.05, 0.1) is 6.54 Å². The molecule has 3 rings (SSSR count). The maximum absolute atomic E-state index is 12.4. The molecule has 0 radical (unpaired) electrons. The Labute approximate surface area is 161 Å².